The number of thiophene rings is 1. The lowest BCUT2D eigenvalue weighted by atomic mass is 9.97. The van der Waals surface area contributed by atoms with Crippen LogP contribution in [0.15, 0.2) is 40.3 Å². The third-order valence-corrected chi connectivity index (χ3v) is 7.49. The molecule has 1 fully saturated rings. The highest BCUT2D eigenvalue weighted by Crippen LogP contribution is 2.36. The van der Waals surface area contributed by atoms with Gasteiger partial charge in [0.25, 0.3) is 5.56 Å². The molecule has 2 aromatic heterocycles. The SMILES string of the molecule is O=C1OCCC1Sc1nc2sc3c(c2c(=O)n1-c1ccccc1)CCCC3. The quantitative estimate of drug-likeness (QED) is 0.497. The number of carbonyl (C=O) groups excluding carboxylic acids is 1. The van der Waals surface area contributed by atoms with E-state index in [0.29, 0.717) is 18.2 Å². The minimum atomic E-state index is -0.307. The second-order valence-corrected chi connectivity index (χ2v) is 9.08. The molecule has 27 heavy (non-hydrogen) atoms. The highest BCUT2D eigenvalue weighted by molar-refractivity contribution is 8.00. The van der Waals surface area contributed by atoms with Crippen molar-refractivity contribution < 1.29 is 9.53 Å². The molecule has 0 N–H and O–H groups in total. The van der Waals surface area contributed by atoms with E-state index in [9.17, 15) is 9.59 Å². The number of para-hydroxylation sites is 1. The van der Waals surface area contributed by atoms with E-state index in [-0.39, 0.29) is 16.8 Å². The number of benzene rings is 1. The molecule has 1 unspecified atom stereocenters. The predicted octanol–water partition coefficient (Wildman–Crippen LogP) is 3.73. The van der Waals surface area contributed by atoms with Gasteiger partial charge in [0.15, 0.2) is 5.16 Å². The molecule has 1 aliphatic heterocycles. The first-order valence-electron chi connectivity index (χ1n) is 9.18. The lowest BCUT2D eigenvalue weighted by molar-refractivity contribution is -0.137. The Kier molecular flexibility index (Phi) is 4.28. The van der Waals surface area contributed by atoms with Gasteiger partial charge in [0.2, 0.25) is 0 Å². The number of esters is 1. The highest BCUT2D eigenvalue weighted by Gasteiger charge is 2.30. The van der Waals surface area contributed by atoms with Crippen LogP contribution in [0, 0.1) is 0 Å². The Labute approximate surface area is 164 Å². The summed E-state index contributed by atoms with van der Waals surface area (Å²) in [5, 5.41) is 1.02. The van der Waals surface area contributed by atoms with Crippen molar-refractivity contribution in [2.75, 3.05) is 6.61 Å². The number of hydrogen-bond acceptors (Lipinski definition) is 6. The summed E-state index contributed by atoms with van der Waals surface area (Å²) in [6, 6.07) is 9.56. The van der Waals surface area contributed by atoms with Gasteiger partial charge in [-0.2, -0.15) is 0 Å². The van der Waals surface area contributed by atoms with Crippen LogP contribution >= 0.6 is 23.1 Å². The van der Waals surface area contributed by atoms with Gasteiger partial charge in [0, 0.05) is 11.3 Å². The first-order chi connectivity index (χ1) is 13.2. The molecule has 5 rings (SSSR count). The number of carbonyl (C=O) groups is 1. The van der Waals surface area contributed by atoms with Gasteiger partial charge in [0.1, 0.15) is 10.1 Å². The molecule has 1 atom stereocenters. The van der Waals surface area contributed by atoms with Crippen molar-refractivity contribution in [3.05, 3.63) is 51.1 Å². The van der Waals surface area contributed by atoms with Gasteiger partial charge in [-0.25, -0.2) is 4.98 Å². The second kappa shape index (κ2) is 6.80. The number of thioether (sulfide) groups is 1. The van der Waals surface area contributed by atoms with Gasteiger partial charge in [-0.3, -0.25) is 14.2 Å². The van der Waals surface area contributed by atoms with Crippen LogP contribution in [0.5, 0.6) is 0 Å². The van der Waals surface area contributed by atoms with E-state index in [4.69, 9.17) is 9.72 Å². The summed E-state index contributed by atoms with van der Waals surface area (Å²) in [6.45, 7) is 0.432. The van der Waals surface area contributed by atoms with Gasteiger partial charge in [0.05, 0.1) is 17.7 Å². The second-order valence-electron chi connectivity index (χ2n) is 6.82. The molecule has 3 heterocycles. The predicted molar refractivity (Wildman–Crippen MR) is 107 cm³/mol. The van der Waals surface area contributed by atoms with Gasteiger partial charge in [-0.1, -0.05) is 30.0 Å². The Morgan fingerprint density at radius 3 is 2.74 bits per heavy atom. The number of fused-ring (bicyclic) bond motifs is 3. The minimum Gasteiger partial charge on any atom is -0.465 e. The van der Waals surface area contributed by atoms with Crippen molar-refractivity contribution in [3.63, 3.8) is 0 Å². The van der Waals surface area contributed by atoms with E-state index < -0.39 is 0 Å². The van der Waals surface area contributed by atoms with Crippen molar-refractivity contribution in [1.29, 1.82) is 0 Å². The molecule has 0 saturated carbocycles. The van der Waals surface area contributed by atoms with Crippen molar-refractivity contribution in [2.45, 2.75) is 42.5 Å². The number of aryl methyl sites for hydroxylation is 2. The molecule has 138 valence electrons. The average Bonchev–Trinajstić information content (AvgIpc) is 3.26. The summed E-state index contributed by atoms with van der Waals surface area (Å²) in [5.41, 5.74) is 1.93. The normalized spacial score (nSPS) is 19.3. The first kappa shape index (κ1) is 17.0. The number of nitrogens with zero attached hydrogens (tertiary/aromatic N) is 2. The fourth-order valence-electron chi connectivity index (χ4n) is 3.78. The molecular formula is C20H18N2O3S2. The summed E-state index contributed by atoms with van der Waals surface area (Å²) in [6.07, 6.45) is 4.91. The van der Waals surface area contributed by atoms with E-state index in [1.807, 2.05) is 30.3 Å². The van der Waals surface area contributed by atoms with Crippen LogP contribution in [0.1, 0.15) is 29.7 Å². The van der Waals surface area contributed by atoms with Crippen molar-refractivity contribution in [2.24, 2.45) is 0 Å². The summed E-state index contributed by atoms with van der Waals surface area (Å²) in [7, 11) is 0. The summed E-state index contributed by atoms with van der Waals surface area (Å²) < 4.78 is 6.76. The van der Waals surface area contributed by atoms with Crippen molar-refractivity contribution >= 4 is 39.3 Å². The van der Waals surface area contributed by atoms with Gasteiger partial charge in [-0.05, 0) is 43.4 Å². The average molecular weight is 399 g/mol. The maximum Gasteiger partial charge on any atom is 0.319 e. The van der Waals surface area contributed by atoms with Crippen molar-refractivity contribution in [1.82, 2.24) is 9.55 Å². The summed E-state index contributed by atoms with van der Waals surface area (Å²) in [5.74, 6) is -0.223. The summed E-state index contributed by atoms with van der Waals surface area (Å²) in [4.78, 5) is 32.5. The molecule has 1 aliphatic carbocycles. The van der Waals surface area contributed by atoms with Crippen LogP contribution in [-0.2, 0) is 22.4 Å². The van der Waals surface area contributed by atoms with Gasteiger partial charge in [-0.15, -0.1) is 11.3 Å². The standard InChI is InChI=1S/C20H18N2O3S2/c23-18-16-13-8-4-5-9-14(13)26-17(16)21-20(27-15-10-11-25-19(15)24)22(18)12-6-2-1-3-7-12/h1-3,6-7,15H,4-5,8-11H2. The Balaban J connectivity index is 1.74. The minimum absolute atomic E-state index is 0.0283. The van der Waals surface area contributed by atoms with Crippen LogP contribution in [0.2, 0.25) is 0 Å². The lowest BCUT2D eigenvalue weighted by Gasteiger charge is -2.14. The van der Waals surface area contributed by atoms with Crippen LogP contribution in [0.25, 0.3) is 15.9 Å². The molecule has 5 nitrogen and oxygen atoms in total. The molecule has 0 spiro atoms. The monoisotopic (exact) mass is 398 g/mol. The molecule has 3 aromatic rings. The molecule has 1 saturated heterocycles. The van der Waals surface area contributed by atoms with Gasteiger partial charge >= 0.3 is 5.97 Å². The maximum atomic E-state index is 13.5. The van der Waals surface area contributed by atoms with Crippen LogP contribution < -0.4 is 5.56 Å². The van der Waals surface area contributed by atoms with Crippen LogP contribution in [0.4, 0.5) is 0 Å². The van der Waals surface area contributed by atoms with Crippen molar-refractivity contribution in [3.8, 4) is 5.69 Å². The molecule has 0 bridgehead atoms. The fraction of sp³-hybridized carbons (Fsp3) is 0.350. The zero-order chi connectivity index (χ0) is 18.4. The molecule has 0 amide bonds. The lowest BCUT2D eigenvalue weighted by Crippen LogP contribution is -2.23. The Bertz CT molecular complexity index is 1090. The largest absolute Gasteiger partial charge is 0.465 e. The van der Waals surface area contributed by atoms with E-state index >= 15 is 0 Å². The fourth-order valence-corrected chi connectivity index (χ4v) is 6.16. The zero-order valence-corrected chi connectivity index (χ0v) is 16.3. The maximum absolute atomic E-state index is 13.5. The third-order valence-electron chi connectivity index (χ3n) is 5.11. The molecule has 7 heteroatoms. The number of rotatable bonds is 3. The number of hydrogen-bond donors (Lipinski definition) is 0. The number of ether oxygens (including phenoxy) is 1. The molecule has 0 radical (unpaired) electrons. The van der Waals surface area contributed by atoms with E-state index in [0.717, 1.165) is 35.2 Å². The highest BCUT2D eigenvalue weighted by atomic mass is 32.2. The topological polar surface area (TPSA) is 61.2 Å². The zero-order valence-electron chi connectivity index (χ0n) is 14.6. The third kappa shape index (κ3) is 2.89. The Morgan fingerprint density at radius 1 is 1.15 bits per heavy atom. The number of aromatic nitrogens is 2. The molecular weight excluding hydrogens is 380 g/mol. The van der Waals surface area contributed by atoms with Crippen LogP contribution in [-0.4, -0.2) is 27.4 Å². The van der Waals surface area contributed by atoms with E-state index in [2.05, 4.69) is 0 Å². The van der Waals surface area contributed by atoms with Gasteiger partial charge < -0.3 is 4.74 Å². The number of cyclic esters (lactones) is 1. The van der Waals surface area contributed by atoms with E-state index in [1.165, 1.54) is 28.6 Å². The molecule has 1 aromatic carbocycles. The smallest absolute Gasteiger partial charge is 0.319 e. The Morgan fingerprint density at radius 2 is 1.96 bits per heavy atom. The summed E-state index contributed by atoms with van der Waals surface area (Å²) >= 11 is 2.98. The van der Waals surface area contributed by atoms with Crippen LogP contribution in [0.3, 0.4) is 0 Å². The first-order valence-corrected chi connectivity index (χ1v) is 10.9. The molecule has 2 aliphatic rings. The Hall–Kier alpha value is -2.12. The van der Waals surface area contributed by atoms with E-state index in [1.54, 1.807) is 15.9 Å².